The second-order valence-electron chi connectivity index (χ2n) is 6.86. The van der Waals surface area contributed by atoms with Crippen LogP contribution in [-0.4, -0.2) is 73.8 Å². The lowest BCUT2D eigenvalue weighted by atomic mass is 10.1. The third-order valence-corrected chi connectivity index (χ3v) is 5.25. The summed E-state index contributed by atoms with van der Waals surface area (Å²) in [6, 6.07) is 5.91. The number of halogens is 1. The number of likely N-dealkylation sites (N-methyl/N-ethyl adjacent to an activating group) is 1. The van der Waals surface area contributed by atoms with E-state index in [-0.39, 0.29) is 18.4 Å². The van der Waals surface area contributed by atoms with Crippen molar-refractivity contribution in [1.82, 2.24) is 14.4 Å². The predicted octanol–water partition coefficient (Wildman–Crippen LogP) is 2.80. The number of piperazine rings is 1. The zero-order chi connectivity index (χ0) is 18.7. The Kier molecular flexibility index (Phi) is 7.53. The summed E-state index contributed by atoms with van der Waals surface area (Å²) in [6.07, 6.45) is 0. The van der Waals surface area contributed by atoms with E-state index >= 15 is 0 Å². The standard InChI is InChI=1S/C20H29N3O3.ClH/c1-5-26-20(24)19-15(2)23(13-12-22-10-8-21(3)9-11-22)18-7-6-16(25-4)14-17(18)19;/h6-7,14H,5,8-13H2,1-4H3;1H. The largest absolute Gasteiger partial charge is 0.497 e. The molecule has 27 heavy (non-hydrogen) atoms. The van der Waals surface area contributed by atoms with Gasteiger partial charge in [0.05, 0.1) is 19.3 Å². The highest BCUT2D eigenvalue weighted by Crippen LogP contribution is 2.30. The van der Waals surface area contributed by atoms with E-state index in [4.69, 9.17) is 9.47 Å². The van der Waals surface area contributed by atoms with Crippen LogP contribution in [0.2, 0.25) is 0 Å². The Morgan fingerprint density at radius 1 is 1.15 bits per heavy atom. The molecule has 1 aliphatic rings. The predicted molar refractivity (Wildman–Crippen MR) is 110 cm³/mol. The fraction of sp³-hybridized carbons (Fsp3) is 0.550. The molecule has 1 saturated heterocycles. The van der Waals surface area contributed by atoms with Gasteiger partial charge in [-0.2, -0.15) is 0 Å². The molecular weight excluding hydrogens is 366 g/mol. The van der Waals surface area contributed by atoms with Gasteiger partial charge >= 0.3 is 5.97 Å². The summed E-state index contributed by atoms with van der Waals surface area (Å²) in [5.74, 6) is 0.487. The number of benzene rings is 1. The van der Waals surface area contributed by atoms with E-state index in [0.29, 0.717) is 12.2 Å². The normalized spacial score (nSPS) is 15.6. The molecule has 0 unspecified atom stereocenters. The molecule has 7 heteroatoms. The van der Waals surface area contributed by atoms with Crippen molar-refractivity contribution in [2.45, 2.75) is 20.4 Å². The molecule has 0 N–H and O–H groups in total. The molecule has 0 saturated carbocycles. The third-order valence-electron chi connectivity index (χ3n) is 5.25. The Morgan fingerprint density at radius 2 is 1.85 bits per heavy atom. The highest BCUT2D eigenvalue weighted by Gasteiger charge is 2.22. The molecule has 0 radical (unpaired) electrons. The summed E-state index contributed by atoms with van der Waals surface area (Å²) in [5, 5.41) is 0.902. The van der Waals surface area contributed by atoms with E-state index in [2.05, 4.69) is 21.4 Å². The molecule has 1 aliphatic heterocycles. The average Bonchev–Trinajstić information content (AvgIpc) is 2.92. The van der Waals surface area contributed by atoms with Gasteiger partial charge in [-0.15, -0.1) is 12.4 Å². The smallest absolute Gasteiger partial charge is 0.340 e. The summed E-state index contributed by atoms with van der Waals surface area (Å²) < 4.78 is 12.9. The lowest BCUT2D eigenvalue weighted by Crippen LogP contribution is -2.45. The zero-order valence-electron chi connectivity index (χ0n) is 16.7. The third kappa shape index (κ3) is 4.57. The lowest BCUT2D eigenvalue weighted by Gasteiger charge is -2.32. The van der Waals surface area contributed by atoms with E-state index in [9.17, 15) is 4.79 Å². The fourth-order valence-corrected chi connectivity index (χ4v) is 3.65. The molecule has 0 aliphatic carbocycles. The molecule has 0 bridgehead atoms. The minimum atomic E-state index is -0.262. The molecule has 150 valence electrons. The van der Waals surface area contributed by atoms with Gasteiger partial charge in [0, 0.05) is 55.9 Å². The van der Waals surface area contributed by atoms with Gasteiger partial charge in [0.1, 0.15) is 5.75 Å². The van der Waals surface area contributed by atoms with Crippen LogP contribution in [0.5, 0.6) is 5.75 Å². The molecule has 0 atom stereocenters. The number of carbonyl (C=O) groups excluding carboxylic acids is 1. The van der Waals surface area contributed by atoms with Crippen LogP contribution in [0.1, 0.15) is 23.0 Å². The molecule has 2 heterocycles. The van der Waals surface area contributed by atoms with Crippen LogP contribution in [0.4, 0.5) is 0 Å². The summed E-state index contributed by atoms with van der Waals surface area (Å²) in [4.78, 5) is 17.4. The number of methoxy groups -OCH3 is 1. The molecule has 3 rings (SSSR count). The van der Waals surface area contributed by atoms with E-state index in [1.165, 1.54) is 0 Å². The summed E-state index contributed by atoms with van der Waals surface area (Å²) in [5.41, 5.74) is 2.67. The first-order valence-electron chi connectivity index (χ1n) is 9.30. The highest BCUT2D eigenvalue weighted by molar-refractivity contribution is 6.06. The van der Waals surface area contributed by atoms with Crippen molar-refractivity contribution < 1.29 is 14.3 Å². The van der Waals surface area contributed by atoms with Crippen LogP contribution >= 0.6 is 12.4 Å². The first-order chi connectivity index (χ1) is 12.5. The first-order valence-corrected chi connectivity index (χ1v) is 9.30. The van der Waals surface area contributed by atoms with Crippen LogP contribution in [0.25, 0.3) is 10.9 Å². The summed E-state index contributed by atoms with van der Waals surface area (Å²) in [6.45, 7) is 10.4. The van der Waals surface area contributed by atoms with E-state index < -0.39 is 0 Å². The molecule has 1 aromatic carbocycles. The number of aromatic nitrogens is 1. The maximum Gasteiger partial charge on any atom is 0.340 e. The number of hydrogen-bond donors (Lipinski definition) is 0. The Bertz CT molecular complexity index is 782. The molecule has 2 aromatic rings. The van der Waals surface area contributed by atoms with E-state index in [1.54, 1.807) is 7.11 Å². The van der Waals surface area contributed by atoms with E-state index in [1.807, 2.05) is 32.0 Å². The van der Waals surface area contributed by atoms with Crippen molar-refractivity contribution in [2.75, 3.05) is 53.5 Å². The lowest BCUT2D eigenvalue weighted by molar-refractivity contribution is 0.0527. The fourth-order valence-electron chi connectivity index (χ4n) is 3.65. The number of hydrogen-bond acceptors (Lipinski definition) is 5. The van der Waals surface area contributed by atoms with Gasteiger partial charge in [-0.05, 0) is 39.1 Å². The van der Waals surface area contributed by atoms with Crippen LogP contribution in [0.3, 0.4) is 0 Å². The SMILES string of the molecule is CCOC(=O)c1c(C)n(CCN2CCN(C)CC2)c2ccc(OC)cc12.Cl. The van der Waals surface area contributed by atoms with Gasteiger partial charge in [0.15, 0.2) is 0 Å². The summed E-state index contributed by atoms with van der Waals surface area (Å²) in [7, 11) is 3.81. The molecule has 0 amide bonds. The Hall–Kier alpha value is -1.76. The van der Waals surface area contributed by atoms with Crippen molar-refractivity contribution in [1.29, 1.82) is 0 Å². The number of ether oxygens (including phenoxy) is 2. The highest BCUT2D eigenvalue weighted by atomic mass is 35.5. The van der Waals surface area contributed by atoms with Crippen LogP contribution in [0.15, 0.2) is 18.2 Å². The number of esters is 1. The molecule has 1 aromatic heterocycles. The van der Waals surface area contributed by atoms with E-state index in [0.717, 1.165) is 61.6 Å². The van der Waals surface area contributed by atoms with Crippen molar-refractivity contribution in [2.24, 2.45) is 0 Å². The Balaban J connectivity index is 0.00000261. The van der Waals surface area contributed by atoms with Crippen molar-refractivity contribution in [3.63, 3.8) is 0 Å². The van der Waals surface area contributed by atoms with Gasteiger partial charge in [-0.1, -0.05) is 0 Å². The van der Waals surface area contributed by atoms with Crippen molar-refractivity contribution >= 4 is 29.3 Å². The minimum Gasteiger partial charge on any atom is -0.497 e. The second-order valence-corrected chi connectivity index (χ2v) is 6.86. The van der Waals surface area contributed by atoms with Crippen LogP contribution < -0.4 is 4.74 Å². The van der Waals surface area contributed by atoms with Gasteiger partial charge in [0.25, 0.3) is 0 Å². The van der Waals surface area contributed by atoms with Crippen molar-refractivity contribution in [3.8, 4) is 5.75 Å². The van der Waals surface area contributed by atoms with Gasteiger partial charge in [-0.25, -0.2) is 4.79 Å². The van der Waals surface area contributed by atoms with Gasteiger partial charge in [-0.3, -0.25) is 4.90 Å². The average molecular weight is 396 g/mol. The van der Waals surface area contributed by atoms with Crippen molar-refractivity contribution in [3.05, 3.63) is 29.5 Å². The Labute approximate surface area is 167 Å². The number of carbonyl (C=O) groups is 1. The maximum atomic E-state index is 12.5. The molecule has 0 spiro atoms. The first kappa shape index (κ1) is 21.5. The number of fused-ring (bicyclic) bond motifs is 1. The molecule has 1 fully saturated rings. The van der Waals surface area contributed by atoms with Gasteiger partial charge in [0.2, 0.25) is 0 Å². The topological polar surface area (TPSA) is 46.9 Å². The molecular formula is C20H30ClN3O3. The number of nitrogens with zero attached hydrogens (tertiary/aromatic N) is 3. The molecule has 6 nitrogen and oxygen atoms in total. The van der Waals surface area contributed by atoms with Gasteiger partial charge < -0.3 is 18.9 Å². The quantitative estimate of drug-likeness (QED) is 0.704. The van der Waals surface area contributed by atoms with Crippen LogP contribution in [0, 0.1) is 6.92 Å². The minimum absolute atomic E-state index is 0. The van der Waals surface area contributed by atoms with Crippen LogP contribution in [-0.2, 0) is 11.3 Å². The second kappa shape index (κ2) is 9.44. The monoisotopic (exact) mass is 395 g/mol. The number of rotatable bonds is 6. The summed E-state index contributed by atoms with van der Waals surface area (Å²) >= 11 is 0. The Morgan fingerprint density at radius 3 is 2.48 bits per heavy atom. The maximum absolute atomic E-state index is 12.5. The zero-order valence-corrected chi connectivity index (χ0v) is 17.5.